The number of likely N-dealkylation sites (N-methyl/N-ethyl adjacent to an activating group) is 2. The number of Topliss-reactive ketones (excluding diaryl/α,β-unsaturated/α-hetero) is 4. The molecule has 6 aliphatic rings. The number of phenolic OH excluding ortho intramolecular Hbond substituents is 2. The lowest BCUT2D eigenvalue weighted by atomic mass is 9.57. The number of benzene rings is 14. The standard InChI is InChI=1S/C24H28BrN3O7.C21H20BrIN2O7.4C18H15P/c1-27(2)8-10-7-13(25)11-5-9-6-12-17(28(3)4)20(31)16(23(26)34)22(33)24(12,35)21(32)14(9)19(30)15(11)18(10)29;1-25(2)14-8-4-6-3-7-9(22)5-10(23)15(26)12(7)16(27)11(6)18(29)21(8,32)19(30)13(17(14)28)20(24)31;4*1-4-10-16(11-5-1)19(17-12-6-2-7-13-17)18-14-8-3-9-15-18/h7,9,12,17,29-30,33,35H,5-6,8H2,1-4H3,(H2,26,34);5-6,8,14,26-27,30,32H,3-4H2,1-2H3,(H2,24,31);4*1-15H/t9-,12-,17-,24-;6-,8-,14-,21-;;;;/m00..../s1. The predicted octanol–water partition coefficient (Wildman–Crippen LogP) is 15.9. The van der Waals surface area contributed by atoms with E-state index in [4.69, 9.17) is 11.5 Å². The second-order valence-corrected chi connectivity index (χ2v) is 47.5. The number of nitrogens with two attached hydrogens (primary N) is 2. The number of aliphatic hydroxyl groups excluding tert-OH is 4. The van der Waals surface area contributed by atoms with E-state index >= 15 is 0 Å². The molecule has 14 aromatic rings. The number of hydrogen-bond acceptors (Lipinski definition) is 17. The molecule has 0 bridgehead atoms. The maximum atomic E-state index is 13.8. The summed E-state index contributed by atoms with van der Waals surface area (Å²) in [7, 11) is 8.10. The van der Waals surface area contributed by atoms with Crippen molar-refractivity contribution in [3.8, 4) is 11.5 Å². The van der Waals surface area contributed by atoms with Gasteiger partial charge < -0.3 is 57.2 Å². The Morgan fingerprint density at radius 3 is 0.762 bits per heavy atom. The molecular weight excluding hydrogens is 2110 g/mol. The zero-order chi connectivity index (χ0) is 102. The number of hydrogen-bond donors (Lipinski definition) is 10. The Labute approximate surface area is 868 Å². The van der Waals surface area contributed by atoms with Crippen LogP contribution in [0.25, 0.3) is 11.5 Å². The fraction of sp³-hybridized carbons (Fsp3) is 0.162. The van der Waals surface area contributed by atoms with Crippen molar-refractivity contribution in [2.24, 2.45) is 35.1 Å². The Bertz CT molecular complexity index is 6220. The van der Waals surface area contributed by atoms with Gasteiger partial charge >= 0.3 is 0 Å². The van der Waals surface area contributed by atoms with Crippen LogP contribution in [0.2, 0.25) is 0 Å². The predicted molar refractivity (Wildman–Crippen MR) is 595 cm³/mol. The maximum Gasteiger partial charge on any atom is 0.255 e. The number of aromatic hydroxyl groups is 2. The first kappa shape index (κ1) is 105. The smallest absolute Gasteiger partial charge is 0.255 e. The van der Waals surface area contributed by atoms with Gasteiger partial charge in [-0.1, -0.05) is 396 Å². The van der Waals surface area contributed by atoms with E-state index in [2.05, 4.69) is 396 Å². The van der Waals surface area contributed by atoms with Gasteiger partial charge in [0.15, 0.2) is 22.8 Å². The Balaban J connectivity index is 0.000000132. The molecule has 14 aromatic carbocycles. The van der Waals surface area contributed by atoms with Crippen molar-refractivity contribution >= 4 is 196 Å². The van der Waals surface area contributed by atoms with Crippen LogP contribution >= 0.6 is 86.1 Å². The van der Waals surface area contributed by atoms with Crippen molar-refractivity contribution in [2.45, 2.75) is 55.5 Å². The number of phenols is 2. The van der Waals surface area contributed by atoms with Crippen LogP contribution in [-0.2, 0) is 48.2 Å². The van der Waals surface area contributed by atoms with Crippen LogP contribution in [0.1, 0.15) is 40.7 Å². The average Bonchev–Trinajstić information content (AvgIpc) is 0.700. The molecule has 0 unspecified atom stereocenters. The maximum absolute atomic E-state index is 13.8. The van der Waals surface area contributed by atoms with Gasteiger partial charge in [0.25, 0.3) is 11.8 Å². The summed E-state index contributed by atoms with van der Waals surface area (Å²) in [5.74, 6) is -13.1. The van der Waals surface area contributed by atoms with E-state index in [1.165, 1.54) is 73.5 Å². The number of halogens is 3. The summed E-state index contributed by atoms with van der Waals surface area (Å²) >= 11 is 8.84. The molecule has 0 spiro atoms. The fourth-order valence-corrected chi connectivity index (χ4v) is 31.2. The van der Waals surface area contributed by atoms with Crippen LogP contribution in [0, 0.1) is 27.2 Å². The number of nitrogens with zero attached hydrogens (tertiary/aromatic N) is 3. The van der Waals surface area contributed by atoms with Gasteiger partial charge in [-0.2, -0.15) is 0 Å². The molecule has 143 heavy (non-hydrogen) atoms. The highest BCUT2D eigenvalue weighted by molar-refractivity contribution is 14.1. The van der Waals surface area contributed by atoms with Crippen molar-refractivity contribution < 1.29 is 69.6 Å². The quantitative estimate of drug-likeness (QED) is 0.0217. The van der Waals surface area contributed by atoms with E-state index in [0.717, 1.165) is 0 Å². The van der Waals surface area contributed by atoms with Crippen LogP contribution in [0.3, 0.4) is 0 Å². The van der Waals surface area contributed by atoms with E-state index in [0.29, 0.717) is 35.8 Å². The Kier molecular flexibility index (Phi) is 34.5. The molecule has 0 heterocycles. The first-order valence-corrected chi connectivity index (χ1v) is 54.4. The summed E-state index contributed by atoms with van der Waals surface area (Å²) in [5.41, 5.74) is 5.22. The minimum absolute atomic E-state index is 0.0540. The zero-order valence-corrected chi connectivity index (χ0v) is 88.1. The lowest BCUT2D eigenvalue weighted by molar-refractivity contribution is -0.155. The molecule has 8 atom stereocenters. The molecule has 0 radical (unpaired) electrons. The zero-order valence-electron chi connectivity index (χ0n) is 79.2. The molecule has 19 nitrogen and oxygen atoms in total. The summed E-state index contributed by atoms with van der Waals surface area (Å²) in [6.45, 7) is 0.363. The lowest BCUT2D eigenvalue weighted by Crippen LogP contribution is -2.65. The van der Waals surface area contributed by atoms with E-state index in [9.17, 15) is 69.6 Å². The summed E-state index contributed by atoms with van der Waals surface area (Å²) < 4.78 is 1.72. The third-order valence-electron chi connectivity index (χ3n) is 26.0. The molecule has 20 rings (SSSR count). The SMILES string of the molecule is CN(C)Cc1cc(Br)c2c(c1O)C(O)=C1C(=O)[C@]3(O)C(O)=C(C(N)=O)C(=O)[C@@H](N(C)C)[C@@H]3C[C@@H]1C2.CN(C)[C@@H]1C(=O)C(C(N)=O)=C(O)[C@@]2(O)C(=O)C3=C(O)c4c(O)c(I)cc(Br)c4C[C@H]3C[C@@H]12.c1ccc(P(c2ccccc2)c2ccccc2)cc1.c1ccc(P(c2ccccc2)c2ccccc2)cc1.c1ccc(P(c2ccccc2)c2ccccc2)cc1.c1ccc(P(c2ccccc2)c2ccccc2)cc1. The molecule has 2 fully saturated rings. The first-order valence-electron chi connectivity index (χ1n) is 46.3. The first-order chi connectivity index (χ1) is 68.9. The van der Waals surface area contributed by atoms with E-state index in [-0.39, 0.29) is 59.5 Å². The van der Waals surface area contributed by atoms with E-state index in [1.54, 1.807) is 40.3 Å². The number of aliphatic hydroxyl groups is 6. The van der Waals surface area contributed by atoms with Gasteiger partial charge in [-0.3, -0.25) is 38.6 Å². The number of fused-ring (bicyclic) bond motifs is 6. The Morgan fingerprint density at radius 1 is 0.350 bits per heavy atom. The van der Waals surface area contributed by atoms with Gasteiger partial charge in [0.05, 0.1) is 26.8 Å². The van der Waals surface area contributed by atoms with Gasteiger partial charge in [0.2, 0.25) is 11.6 Å². The van der Waals surface area contributed by atoms with Crippen LogP contribution in [-0.4, -0.2) is 156 Å². The van der Waals surface area contributed by atoms with Crippen LogP contribution in [0.4, 0.5) is 0 Å². The Hall–Kier alpha value is -12.3. The summed E-state index contributed by atoms with van der Waals surface area (Å²) in [6, 6.07) is 131. The Morgan fingerprint density at radius 2 is 0.559 bits per heavy atom. The highest BCUT2D eigenvalue weighted by Crippen LogP contribution is 2.57. The normalized spacial score (nSPS) is 19.2. The molecule has 2 amide bonds. The van der Waals surface area contributed by atoms with Crippen LogP contribution in [0.5, 0.6) is 11.5 Å². The minimum atomic E-state index is -2.64. The molecule has 26 heteroatoms. The fourth-order valence-electron chi connectivity index (χ4n) is 19.7. The third kappa shape index (κ3) is 22.3. The highest BCUT2D eigenvalue weighted by atomic mass is 127. The van der Waals surface area contributed by atoms with Crippen molar-refractivity contribution in [1.29, 1.82) is 0 Å². The number of carbonyl (C=O) groups excluding carboxylic acids is 6. The van der Waals surface area contributed by atoms with Crippen molar-refractivity contribution in [3.05, 3.63) is 450 Å². The van der Waals surface area contributed by atoms with E-state index in [1.807, 2.05) is 41.6 Å². The monoisotopic (exact) mass is 2220 g/mol. The molecule has 726 valence electrons. The largest absolute Gasteiger partial charge is 0.508 e. The minimum Gasteiger partial charge on any atom is -0.508 e. The number of carbonyl (C=O) groups is 6. The number of primary amides is 2. The van der Waals surface area contributed by atoms with Crippen molar-refractivity contribution in [2.75, 3.05) is 42.3 Å². The summed E-state index contributed by atoms with van der Waals surface area (Å²) in [5, 5.41) is 105. The van der Waals surface area contributed by atoms with Gasteiger partial charge in [-0.25, -0.2) is 0 Å². The van der Waals surface area contributed by atoms with E-state index < -0.39 is 148 Å². The van der Waals surface area contributed by atoms with Crippen molar-refractivity contribution in [1.82, 2.24) is 14.7 Å². The van der Waals surface area contributed by atoms with Gasteiger partial charge in [-0.15, -0.1) is 0 Å². The molecule has 12 N–H and O–H groups in total. The third-order valence-corrected chi connectivity index (χ3v) is 38.0. The molecule has 2 saturated carbocycles. The lowest BCUT2D eigenvalue weighted by Gasteiger charge is -2.50. The molecule has 0 aromatic heterocycles. The summed E-state index contributed by atoms with van der Waals surface area (Å²) in [4.78, 5) is 82.2. The topological polar surface area (TPSA) is 326 Å². The van der Waals surface area contributed by atoms with Gasteiger partial charge in [-0.05, 0) is 221 Å². The second kappa shape index (κ2) is 47.0. The summed E-state index contributed by atoms with van der Waals surface area (Å²) in [6.07, 6.45) is 0.605. The molecular formula is C117H108Br2IN5O14P4. The molecule has 0 aliphatic heterocycles. The molecule has 6 aliphatic carbocycles. The number of ketones is 4. The molecule has 0 saturated heterocycles. The highest BCUT2D eigenvalue weighted by Gasteiger charge is 2.66. The van der Waals surface area contributed by atoms with Gasteiger partial charge in [0.1, 0.15) is 45.7 Å². The van der Waals surface area contributed by atoms with Crippen LogP contribution in [0.15, 0.2) is 419 Å². The number of rotatable bonds is 18. The average molecular weight is 2220 g/mol. The second-order valence-electron chi connectivity index (χ2n) is 35.8. The van der Waals surface area contributed by atoms with Crippen molar-refractivity contribution in [3.63, 3.8) is 0 Å². The number of amides is 2. The van der Waals surface area contributed by atoms with Gasteiger partial charge in [0, 0.05) is 44.0 Å². The van der Waals surface area contributed by atoms with Crippen LogP contribution < -0.4 is 75.1 Å².